The second-order valence-corrected chi connectivity index (χ2v) is 14.6. The van der Waals surface area contributed by atoms with Crippen molar-refractivity contribution in [1.82, 2.24) is 10.6 Å². The first-order valence-electron chi connectivity index (χ1n) is 14.3. The third-order valence-corrected chi connectivity index (χ3v) is 12.4. The van der Waals surface area contributed by atoms with E-state index in [9.17, 15) is 0 Å². The maximum absolute atomic E-state index is 7.20. The highest BCUT2D eigenvalue weighted by atomic mass is 28.3. The minimum atomic E-state index is -2.15. The van der Waals surface area contributed by atoms with Crippen LogP contribution in [0.15, 0.2) is 30.3 Å². The van der Waals surface area contributed by atoms with Crippen molar-refractivity contribution in [3.8, 4) is 0 Å². The van der Waals surface area contributed by atoms with Crippen LogP contribution < -0.4 is 15.8 Å². The van der Waals surface area contributed by atoms with Crippen molar-refractivity contribution in [3.05, 3.63) is 30.3 Å². The van der Waals surface area contributed by atoms with Crippen LogP contribution in [0.4, 0.5) is 0 Å². The molecule has 200 valence electrons. The van der Waals surface area contributed by atoms with E-state index in [1.807, 2.05) is 0 Å². The van der Waals surface area contributed by atoms with Crippen LogP contribution in [0.1, 0.15) is 108 Å². The number of benzene rings is 1. The highest BCUT2D eigenvalue weighted by molar-refractivity contribution is 6.61. The smallest absolute Gasteiger partial charge is 0.356 e. The highest BCUT2D eigenvalue weighted by Crippen LogP contribution is 2.41. The van der Waals surface area contributed by atoms with E-state index in [0.717, 1.165) is 38.5 Å². The molecule has 2 fully saturated rings. The molecule has 3 rings (SSSR count). The van der Waals surface area contributed by atoms with Crippen LogP contribution in [0.3, 0.4) is 0 Å². The van der Waals surface area contributed by atoms with E-state index >= 15 is 0 Å². The Bertz CT molecular complexity index is 776. The Labute approximate surface area is 218 Å². The number of piperidine rings is 2. The van der Waals surface area contributed by atoms with E-state index in [1.54, 1.807) is 0 Å². The van der Waals surface area contributed by atoms with Gasteiger partial charge in [0, 0.05) is 22.2 Å². The van der Waals surface area contributed by atoms with Gasteiger partial charge in [-0.3, -0.25) is 0 Å². The third kappa shape index (κ3) is 6.06. The van der Waals surface area contributed by atoms with Crippen LogP contribution in [-0.2, 0) is 8.85 Å². The van der Waals surface area contributed by atoms with Crippen LogP contribution in [-0.4, -0.2) is 43.6 Å². The SMILES string of the molecule is CCC1(C)CC(O[SiH](OC2CC(C)(CC)NC(C)(CC)C2C)c2ccccc2)C(C)C(C)(CC)N1. The predicted octanol–water partition coefficient (Wildman–Crippen LogP) is 5.82. The van der Waals surface area contributed by atoms with Crippen molar-refractivity contribution in [2.45, 2.75) is 142 Å². The van der Waals surface area contributed by atoms with Crippen LogP contribution >= 0.6 is 0 Å². The van der Waals surface area contributed by atoms with E-state index in [2.05, 4.69) is 110 Å². The third-order valence-electron chi connectivity index (χ3n) is 10.3. The Kier molecular flexibility index (Phi) is 9.02. The van der Waals surface area contributed by atoms with Crippen molar-refractivity contribution >= 4 is 14.5 Å². The van der Waals surface area contributed by atoms with E-state index in [0.29, 0.717) is 11.8 Å². The Morgan fingerprint density at radius 1 is 0.714 bits per heavy atom. The molecule has 2 N–H and O–H groups in total. The Balaban J connectivity index is 1.93. The number of rotatable bonds is 9. The molecule has 2 aliphatic heterocycles. The molecule has 0 spiro atoms. The second kappa shape index (κ2) is 10.9. The molecule has 0 radical (unpaired) electrons. The van der Waals surface area contributed by atoms with Gasteiger partial charge in [-0.25, -0.2) is 0 Å². The largest absolute Gasteiger partial charge is 0.390 e. The molecule has 2 saturated heterocycles. The second-order valence-electron chi connectivity index (χ2n) is 12.7. The zero-order valence-electron chi connectivity index (χ0n) is 24.3. The first kappa shape index (κ1) is 28.8. The fraction of sp³-hybridized carbons (Fsp3) is 0.800. The lowest BCUT2D eigenvalue weighted by Crippen LogP contribution is -2.68. The summed E-state index contributed by atoms with van der Waals surface area (Å²) in [5.74, 6) is 0.836. The molecule has 2 aliphatic rings. The van der Waals surface area contributed by atoms with E-state index in [4.69, 9.17) is 8.85 Å². The lowest BCUT2D eigenvalue weighted by atomic mass is 9.70. The molecule has 4 nitrogen and oxygen atoms in total. The van der Waals surface area contributed by atoms with Crippen LogP contribution in [0, 0.1) is 11.8 Å². The summed E-state index contributed by atoms with van der Waals surface area (Å²) in [4.78, 5) is 0. The van der Waals surface area contributed by atoms with Gasteiger partial charge in [0.2, 0.25) is 0 Å². The number of hydrogen-bond donors (Lipinski definition) is 2. The minimum absolute atomic E-state index is 0.0624. The summed E-state index contributed by atoms with van der Waals surface area (Å²) < 4.78 is 14.4. The minimum Gasteiger partial charge on any atom is -0.390 e. The van der Waals surface area contributed by atoms with Crippen molar-refractivity contribution in [1.29, 1.82) is 0 Å². The first-order valence-corrected chi connectivity index (χ1v) is 15.8. The van der Waals surface area contributed by atoms with Gasteiger partial charge in [-0.15, -0.1) is 0 Å². The Hall–Kier alpha value is -0.723. The van der Waals surface area contributed by atoms with E-state index in [1.165, 1.54) is 5.19 Å². The van der Waals surface area contributed by atoms with Gasteiger partial charge in [0.1, 0.15) is 0 Å². The van der Waals surface area contributed by atoms with Gasteiger partial charge in [-0.05, 0) is 83.2 Å². The molecule has 1 aromatic carbocycles. The standard InChI is InChI=1S/C30H54N2O2Si/c1-11-27(7)20-25(22(5)29(9,13-3)31-27)33-35(24-18-16-15-17-19-24)34-26-21-28(8,12-2)32-30(10,14-4)23(26)6/h15-19,22-23,25-26,31-32,35H,11-14,20-21H2,1-10H3. The van der Waals surface area contributed by atoms with Crippen molar-refractivity contribution in [2.24, 2.45) is 11.8 Å². The van der Waals surface area contributed by atoms with Gasteiger partial charge in [-0.2, -0.15) is 0 Å². The van der Waals surface area contributed by atoms with Crippen molar-refractivity contribution in [2.75, 3.05) is 0 Å². The Morgan fingerprint density at radius 2 is 1.11 bits per heavy atom. The van der Waals surface area contributed by atoms with E-state index < -0.39 is 9.28 Å². The summed E-state index contributed by atoms with van der Waals surface area (Å²) >= 11 is 0. The van der Waals surface area contributed by atoms with Crippen LogP contribution in [0.25, 0.3) is 0 Å². The fourth-order valence-corrected chi connectivity index (χ4v) is 8.72. The van der Waals surface area contributed by atoms with Crippen molar-refractivity contribution < 1.29 is 8.85 Å². The Morgan fingerprint density at radius 3 is 1.46 bits per heavy atom. The summed E-state index contributed by atoms with van der Waals surface area (Å²) in [6, 6.07) is 10.8. The summed E-state index contributed by atoms with van der Waals surface area (Å²) in [5.41, 5.74) is 0.294. The van der Waals surface area contributed by atoms with Gasteiger partial charge in [-0.1, -0.05) is 71.9 Å². The summed E-state index contributed by atoms with van der Waals surface area (Å²) in [6.45, 7) is 23.5. The molecule has 0 aromatic heterocycles. The normalized spacial score (nSPS) is 43.1. The zero-order valence-corrected chi connectivity index (χ0v) is 25.5. The summed E-state index contributed by atoms with van der Waals surface area (Å²) in [7, 11) is -2.15. The predicted molar refractivity (Wildman–Crippen MR) is 152 cm³/mol. The highest BCUT2D eigenvalue weighted by Gasteiger charge is 2.50. The molecular weight excluding hydrogens is 448 g/mol. The van der Waals surface area contributed by atoms with Gasteiger partial charge in [0.25, 0.3) is 0 Å². The van der Waals surface area contributed by atoms with E-state index in [-0.39, 0.29) is 34.4 Å². The summed E-state index contributed by atoms with van der Waals surface area (Å²) in [6.07, 6.45) is 6.83. The van der Waals surface area contributed by atoms with Gasteiger partial charge in [0.05, 0.1) is 12.2 Å². The number of nitrogens with one attached hydrogen (secondary N) is 2. The lowest BCUT2D eigenvalue weighted by molar-refractivity contribution is -0.0528. The molecule has 5 heteroatoms. The van der Waals surface area contributed by atoms with Crippen LogP contribution in [0.2, 0.25) is 0 Å². The fourth-order valence-electron chi connectivity index (χ4n) is 6.51. The molecule has 1 aromatic rings. The van der Waals surface area contributed by atoms with Crippen molar-refractivity contribution in [3.63, 3.8) is 0 Å². The molecule has 0 aliphatic carbocycles. The average molecular weight is 503 g/mol. The topological polar surface area (TPSA) is 42.5 Å². The first-order chi connectivity index (χ1) is 16.4. The molecule has 0 saturated carbocycles. The zero-order chi connectivity index (χ0) is 26.1. The van der Waals surface area contributed by atoms with Crippen LogP contribution in [0.5, 0.6) is 0 Å². The quantitative estimate of drug-likeness (QED) is 0.418. The van der Waals surface area contributed by atoms with Gasteiger partial charge >= 0.3 is 9.28 Å². The average Bonchev–Trinajstić information content (AvgIpc) is 2.85. The molecule has 8 atom stereocenters. The van der Waals surface area contributed by atoms with Gasteiger partial charge in [0.15, 0.2) is 0 Å². The molecule has 0 bridgehead atoms. The molecule has 35 heavy (non-hydrogen) atoms. The molecule has 8 unspecified atom stereocenters. The number of hydrogen-bond acceptors (Lipinski definition) is 4. The lowest BCUT2D eigenvalue weighted by Gasteiger charge is -2.55. The summed E-state index contributed by atoms with van der Waals surface area (Å²) in [5, 5.41) is 9.28. The monoisotopic (exact) mass is 502 g/mol. The maximum Gasteiger partial charge on any atom is 0.356 e. The maximum atomic E-state index is 7.20. The molecule has 0 amide bonds. The molecule has 2 heterocycles. The molecular formula is C30H54N2O2Si. The van der Waals surface area contributed by atoms with Gasteiger partial charge < -0.3 is 19.5 Å².